The zero-order chi connectivity index (χ0) is 26.5. The number of aliphatic carboxylic acids is 1. The number of carboxylic acids is 1. The second kappa shape index (κ2) is 11.0. The number of nitrogens with one attached hydrogen (secondary N) is 1. The molecule has 5 nitrogen and oxygen atoms in total. The van der Waals surface area contributed by atoms with Gasteiger partial charge in [-0.05, 0) is 94.8 Å². The van der Waals surface area contributed by atoms with Gasteiger partial charge in [0, 0.05) is 11.5 Å². The van der Waals surface area contributed by atoms with Crippen molar-refractivity contribution < 1.29 is 14.6 Å². The standard InChI is InChI=1S/C33H28N2O3/c1-3-29(30-16-15-28(19-22(30)2)38-27-7-5-4-6-8-27)33(25-14-17-31-26(20-25)21-34-35-31)24-12-9-23(10-13-24)11-18-32(36)37/h4-21H,3H2,1-2H3,(H,34,35)(H,36,37)/b18-11+,33-29+. The summed E-state index contributed by atoms with van der Waals surface area (Å²) in [6.07, 6.45) is 5.41. The molecule has 1 heterocycles. The van der Waals surface area contributed by atoms with Crippen LogP contribution in [0.25, 0.3) is 28.1 Å². The molecule has 38 heavy (non-hydrogen) atoms. The fraction of sp³-hybridized carbons (Fsp3) is 0.0909. The molecule has 5 heteroatoms. The number of nitrogens with zero attached hydrogens (tertiary/aromatic N) is 1. The van der Waals surface area contributed by atoms with Crippen LogP contribution in [0.2, 0.25) is 0 Å². The Morgan fingerprint density at radius 1 is 0.921 bits per heavy atom. The Bertz CT molecular complexity index is 1650. The van der Waals surface area contributed by atoms with Crippen LogP contribution in [-0.2, 0) is 4.79 Å². The molecule has 5 rings (SSSR count). The molecular formula is C33H28N2O3. The molecule has 0 saturated heterocycles. The van der Waals surface area contributed by atoms with E-state index in [0.29, 0.717) is 0 Å². The van der Waals surface area contributed by atoms with Crippen LogP contribution in [0.15, 0.2) is 103 Å². The zero-order valence-corrected chi connectivity index (χ0v) is 21.3. The van der Waals surface area contributed by atoms with E-state index < -0.39 is 5.97 Å². The van der Waals surface area contributed by atoms with Crippen LogP contribution in [-0.4, -0.2) is 21.3 Å². The van der Waals surface area contributed by atoms with Gasteiger partial charge in [-0.15, -0.1) is 0 Å². The fourth-order valence-electron chi connectivity index (χ4n) is 4.71. The highest BCUT2D eigenvalue weighted by Crippen LogP contribution is 2.38. The average molecular weight is 501 g/mol. The van der Waals surface area contributed by atoms with Crippen molar-refractivity contribution in [2.45, 2.75) is 20.3 Å². The topological polar surface area (TPSA) is 75.2 Å². The summed E-state index contributed by atoms with van der Waals surface area (Å²) in [6, 6.07) is 30.3. The number of carboxylic acid groups (broad SMARTS) is 1. The van der Waals surface area contributed by atoms with Crippen molar-refractivity contribution >= 4 is 34.1 Å². The number of para-hydroxylation sites is 1. The minimum atomic E-state index is -0.966. The molecule has 0 radical (unpaired) electrons. The van der Waals surface area contributed by atoms with E-state index in [2.05, 4.69) is 54.4 Å². The summed E-state index contributed by atoms with van der Waals surface area (Å²) >= 11 is 0. The molecule has 0 aliphatic rings. The van der Waals surface area contributed by atoms with Gasteiger partial charge in [-0.3, -0.25) is 5.10 Å². The summed E-state index contributed by atoms with van der Waals surface area (Å²) < 4.78 is 6.07. The summed E-state index contributed by atoms with van der Waals surface area (Å²) in [6.45, 7) is 4.28. The molecule has 0 saturated carbocycles. The summed E-state index contributed by atoms with van der Waals surface area (Å²) in [4.78, 5) is 11.0. The van der Waals surface area contributed by atoms with E-state index in [0.717, 1.165) is 68.3 Å². The lowest BCUT2D eigenvalue weighted by Gasteiger charge is -2.19. The number of hydrogen-bond donors (Lipinski definition) is 2. The Hall–Kier alpha value is -4.90. The van der Waals surface area contributed by atoms with Crippen molar-refractivity contribution in [3.8, 4) is 11.5 Å². The van der Waals surface area contributed by atoms with Crippen molar-refractivity contribution in [3.05, 3.63) is 131 Å². The van der Waals surface area contributed by atoms with E-state index in [-0.39, 0.29) is 0 Å². The molecule has 0 atom stereocenters. The van der Waals surface area contributed by atoms with Gasteiger partial charge in [-0.2, -0.15) is 5.10 Å². The first-order valence-electron chi connectivity index (χ1n) is 12.5. The van der Waals surface area contributed by atoms with Crippen molar-refractivity contribution in [1.29, 1.82) is 0 Å². The Morgan fingerprint density at radius 2 is 1.68 bits per heavy atom. The first-order chi connectivity index (χ1) is 18.5. The van der Waals surface area contributed by atoms with E-state index in [1.807, 2.05) is 66.9 Å². The highest BCUT2D eigenvalue weighted by molar-refractivity contribution is 6.01. The molecule has 0 aliphatic heterocycles. The van der Waals surface area contributed by atoms with Gasteiger partial charge in [0.15, 0.2) is 0 Å². The van der Waals surface area contributed by atoms with Crippen molar-refractivity contribution in [1.82, 2.24) is 10.2 Å². The molecule has 1 aromatic heterocycles. The second-order valence-corrected chi connectivity index (χ2v) is 9.06. The van der Waals surface area contributed by atoms with Gasteiger partial charge in [0.1, 0.15) is 11.5 Å². The second-order valence-electron chi connectivity index (χ2n) is 9.06. The Balaban J connectivity index is 1.62. The van der Waals surface area contributed by atoms with Gasteiger partial charge in [0.25, 0.3) is 0 Å². The minimum absolute atomic E-state index is 0.795. The quantitative estimate of drug-likeness (QED) is 0.167. The van der Waals surface area contributed by atoms with Crippen molar-refractivity contribution in [3.63, 3.8) is 0 Å². The molecule has 0 bridgehead atoms. The zero-order valence-electron chi connectivity index (χ0n) is 21.3. The molecule has 0 unspecified atom stereocenters. The molecule has 188 valence electrons. The maximum Gasteiger partial charge on any atom is 0.328 e. The maximum atomic E-state index is 11.0. The third-order valence-electron chi connectivity index (χ3n) is 6.50. The lowest BCUT2D eigenvalue weighted by molar-refractivity contribution is -0.131. The first-order valence-corrected chi connectivity index (χ1v) is 12.5. The maximum absolute atomic E-state index is 11.0. The largest absolute Gasteiger partial charge is 0.478 e. The lowest BCUT2D eigenvalue weighted by Crippen LogP contribution is -1.98. The highest BCUT2D eigenvalue weighted by atomic mass is 16.5. The molecule has 2 N–H and O–H groups in total. The lowest BCUT2D eigenvalue weighted by atomic mass is 9.86. The summed E-state index contributed by atoms with van der Waals surface area (Å²) in [5, 5.41) is 17.2. The highest BCUT2D eigenvalue weighted by Gasteiger charge is 2.16. The normalized spacial score (nSPS) is 12.1. The molecular weight excluding hydrogens is 472 g/mol. The smallest absolute Gasteiger partial charge is 0.328 e. The van der Waals surface area contributed by atoms with E-state index in [9.17, 15) is 4.79 Å². The monoisotopic (exact) mass is 500 g/mol. The molecule has 0 amide bonds. The Kier molecular flexibility index (Phi) is 7.18. The number of hydrogen-bond acceptors (Lipinski definition) is 3. The Morgan fingerprint density at radius 3 is 2.39 bits per heavy atom. The van der Waals surface area contributed by atoms with Gasteiger partial charge in [-0.25, -0.2) is 4.79 Å². The first kappa shape index (κ1) is 24.8. The predicted octanol–water partition coefficient (Wildman–Crippen LogP) is 8.13. The molecule has 0 aliphatic carbocycles. The summed E-state index contributed by atoms with van der Waals surface area (Å²) in [5.41, 5.74) is 8.59. The molecule has 0 spiro atoms. The third-order valence-corrected chi connectivity index (χ3v) is 6.50. The number of aromatic amines is 1. The fourth-order valence-corrected chi connectivity index (χ4v) is 4.71. The average Bonchev–Trinajstić information content (AvgIpc) is 3.40. The minimum Gasteiger partial charge on any atom is -0.478 e. The van der Waals surface area contributed by atoms with Crippen LogP contribution >= 0.6 is 0 Å². The number of ether oxygens (including phenoxy) is 1. The number of carbonyl (C=O) groups is 1. The van der Waals surface area contributed by atoms with Crippen molar-refractivity contribution in [2.75, 3.05) is 0 Å². The van der Waals surface area contributed by atoms with Crippen LogP contribution in [0.5, 0.6) is 11.5 Å². The summed E-state index contributed by atoms with van der Waals surface area (Å²) in [5.74, 6) is 0.632. The predicted molar refractivity (Wildman–Crippen MR) is 153 cm³/mol. The van der Waals surface area contributed by atoms with Gasteiger partial charge < -0.3 is 9.84 Å². The number of fused-ring (bicyclic) bond motifs is 1. The molecule has 4 aromatic carbocycles. The van der Waals surface area contributed by atoms with Crippen LogP contribution in [0.3, 0.4) is 0 Å². The van der Waals surface area contributed by atoms with E-state index >= 15 is 0 Å². The van der Waals surface area contributed by atoms with E-state index in [4.69, 9.17) is 9.84 Å². The van der Waals surface area contributed by atoms with Crippen LogP contribution < -0.4 is 4.74 Å². The van der Waals surface area contributed by atoms with Gasteiger partial charge in [0.05, 0.1) is 11.7 Å². The number of rotatable bonds is 8. The summed E-state index contributed by atoms with van der Waals surface area (Å²) in [7, 11) is 0. The molecule has 0 fully saturated rings. The van der Waals surface area contributed by atoms with Crippen LogP contribution in [0.4, 0.5) is 0 Å². The van der Waals surface area contributed by atoms with E-state index in [1.165, 1.54) is 5.57 Å². The number of benzene rings is 4. The van der Waals surface area contributed by atoms with Gasteiger partial charge in [0.2, 0.25) is 0 Å². The van der Waals surface area contributed by atoms with Gasteiger partial charge in [-0.1, -0.05) is 61.5 Å². The van der Waals surface area contributed by atoms with Crippen LogP contribution in [0, 0.1) is 6.92 Å². The number of allylic oxidation sites excluding steroid dienone is 1. The van der Waals surface area contributed by atoms with Crippen LogP contribution in [0.1, 0.15) is 41.2 Å². The van der Waals surface area contributed by atoms with Crippen molar-refractivity contribution in [2.24, 2.45) is 0 Å². The third kappa shape index (κ3) is 5.42. The van der Waals surface area contributed by atoms with E-state index in [1.54, 1.807) is 6.08 Å². The SMILES string of the molecule is CC/C(=C(/c1ccc(/C=C/C(=O)O)cc1)c1ccc2[nH]ncc2c1)c1ccc(Oc2ccccc2)cc1C. The number of H-pyrrole nitrogens is 1. The van der Waals surface area contributed by atoms with Gasteiger partial charge >= 0.3 is 5.97 Å². The number of aromatic nitrogens is 2. The molecule has 5 aromatic rings. The number of aryl methyl sites for hydroxylation is 1. The Labute approximate surface area is 221 Å².